The molecule has 10 heteroatoms. The molecule has 2 aromatic heterocycles. The Labute approximate surface area is 200 Å². The third-order valence-corrected chi connectivity index (χ3v) is 6.47. The summed E-state index contributed by atoms with van der Waals surface area (Å²) in [6.07, 6.45) is 3.38. The number of nitrogens with zero attached hydrogens (tertiary/aromatic N) is 7. The fourth-order valence-corrected chi connectivity index (χ4v) is 4.70. The van der Waals surface area contributed by atoms with E-state index in [1.54, 1.807) is 16.7 Å². The first-order valence-electron chi connectivity index (χ1n) is 11.4. The van der Waals surface area contributed by atoms with E-state index in [4.69, 9.17) is 9.97 Å². The van der Waals surface area contributed by atoms with Crippen molar-refractivity contribution in [2.75, 3.05) is 36.0 Å². The van der Waals surface area contributed by atoms with Crippen LogP contribution in [0.2, 0.25) is 0 Å². The molecule has 1 saturated heterocycles. The summed E-state index contributed by atoms with van der Waals surface area (Å²) in [5.41, 5.74) is 5.87. The number of aliphatic imine (C=N–C) groups is 1. The molecule has 0 unspecified atom stereocenters. The Bertz CT molecular complexity index is 1450. The molecule has 0 aliphatic carbocycles. The number of anilines is 2. The maximum absolute atomic E-state index is 11.5. The Hall–Kier alpha value is -4.47. The average molecular weight is 470 g/mol. The van der Waals surface area contributed by atoms with Gasteiger partial charge in [-0.05, 0) is 29.8 Å². The van der Waals surface area contributed by atoms with Gasteiger partial charge in [0, 0.05) is 49.2 Å². The lowest BCUT2D eigenvalue weighted by molar-refractivity contribution is -0.137. The van der Waals surface area contributed by atoms with Crippen molar-refractivity contribution in [3.63, 3.8) is 0 Å². The highest BCUT2D eigenvalue weighted by Crippen LogP contribution is 2.33. The molecule has 6 rings (SSSR count). The Morgan fingerprint density at radius 3 is 2.51 bits per heavy atom. The minimum absolute atomic E-state index is 0.227. The largest absolute Gasteiger partial charge is 0.508 e. The third-order valence-electron chi connectivity index (χ3n) is 6.47. The maximum atomic E-state index is 11.5. The predicted molar refractivity (Wildman–Crippen MR) is 132 cm³/mol. The SMILES string of the molecule is O=C(O)Cn1cnc2c(-c3cccc4c3C=NC4)nc(N3CCN(c4ccc(O)cc4)CC3)nc21. The first-order valence-corrected chi connectivity index (χ1v) is 11.4. The van der Waals surface area contributed by atoms with Crippen LogP contribution in [0.3, 0.4) is 0 Å². The number of hydrogen-bond acceptors (Lipinski definition) is 8. The molecule has 2 N–H and O–H groups in total. The van der Waals surface area contributed by atoms with Crippen LogP contribution in [0.4, 0.5) is 11.6 Å². The van der Waals surface area contributed by atoms with Gasteiger partial charge in [-0.1, -0.05) is 18.2 Å². The van der Waals surface area contributed by atoms with Crippen LogP contribution in [-0.4, -0.2) is 68.1 Å². The van der Waals surface area contributed by atoms with Gasteiger partial charge in [-0.15, -0.1) is 0 Å². The Morgan fingerprint density at radius 2 is 1.74 bits per heavy atom. The van der Waals surface area contributed by atoms with Gasteiger partial charge in [0.15, 0.2) is 5.65 Å². The van der Waals surface area contributed by atoms with Crippen molar-refractivity contribution in [3.8, 4) is 17.0 Å². The Kier molecular flexibility index (Phi) is 5.05. The first kappa shape index (κ1) is 21.1. The van der Waals surface area contributed by atoms with Crippen molar-refractivity contribution in [1.29, 1.82) is 0 Å². The van der Waals surface area contributed by atoms with Crippen LogP contribution in [0.5, 0.6) is 5.75 Å². The molecule has 0 atom stereocenters. The molecule has 1 fully saturated rings. The number of hydrogen-bond donors (Lipinski definition) is 2. The second-order valence-electron chi connectivity index (χ2n) is 8.65. The van der Waals surface area contributed by atoms with Gasteiger partial charge >= 0.3 is 5.97 Å². The summed E-state index contributed by atoms with van der Waals surface area (Å²) in [7, 11) is 0. The van der Waals surface area contributed by atoms with Crippen molar-refractivity contribution in [3.05, 3.63) is 59.9 Å². The number of phenolic OH excluding ortho intramolecular Hbond substituents is 1. The number of imidazole rings is 1. The first-order chi connectivity index (χ1) is 17.1. The molecule has 0 saturated carbocycles. The number of benzene rings is 2. The molecule has 0 spiro atoms. The van der Waals surface area contributed by atoms with Crippen LogP contribution in [0, 0.1) is 0 Å². The summed E-state index contributed by atoms with van der Waals surface area (Å²) in [6, 6.07) is 13.2. The van der Waals surface area contributed by atoms with Crippen molar-refractivity contribution >= 4 is 35.0 Å². The van der Waals surface area contributed by atoms with E-state index in [1.807, 2.05) is 30.5 Å². The van der Waals surface area contributed by atoms with Crippen LogP contribution in [0.25, 0.3) is 22.4 Å². The van der Waals surface area contributed by atoms with Gasteiger partial charge in [-0.3, -0.25) is 9.79 Å². The van der Waals surface area contributed by atoms with Crippen LogP contribution >= 0.6 is 0 Å². The normalized spacial score (nSPS) is 15.1. The van der Waals surface area contributed by atoms with Gasteiger partial charge in [-0.2, -0.15) is 4.98 Å². The smallest absolute Gasteiger partial charge is 0.323 e. The summed E-state index contributed by atoms with van der Waals surface area (Å²) >= 11 is 0. The molecular formula is C25H23N7O3. The highest BCUT2D eigenvalue weighted by molar-refractivity contribution is 5.99. The minimum atomic E-state index is -0.957. The fraction of sp³-hybridized carbons (Fsp3) is 0.240. The molecule has 0 amide bonds. The molecule has 35 heavy (non-hydrogen) atoms. The third kappa shape index (κ3) is 3.82. The van der Waals surface area contributed by atoms with Gasteiger partial charge in [0.1, 0.15) is 23.5 Å². The number of aromatic nitrogens is 4. The van der Waals surface area contributed by atoms with E-state index in [1.165, 1.54) is 6.33 Å². The van der Waals surface area contributed by atoms with E-state index in [0.29, 0.717) is 42.4 Å². The van der Waals surface area contributed by atoms with E-state index >= 15 is 0 Å². The summed E-state index contributed by atoms with van der Waals surface area (Å²) in [5.74, 6) is -0.157. The topological polar surface area (TPSA) is 120 Å². The molecule has 2 aliphatic heterocycles. The number of aromatic hydroxyl groups is 1. The number of carboxylic acids is 1. The fourth-order valence-electron chi connectivity index (χ4n) is 4.70. The molecule has 2 aliphatic rings. The second kappa shape index (κ2) is 8.39. The van der Waals surface area contributed by atoms with E-state index < -0.39 is 5.97 Å². The van der Waals surface area contributed by atoms with E-state index in [9.17, 15) is 15.0 Å². The second-order valence-corrected chi connectivity index (χ2v) is 8.65. The molecule has 2 aromatic carbocycles. The number of phenols is 1. The Morgan fingerprint density at radius 1 is 0.971 bits per heavy atom. The van der Waals surface area contributed by atoms with Gasteiger partial charge in [0.2, 0.25) is 5.95 Å². The number of fused-ring (bicyclic) bond motifs is 2. The quantitative estimate of drug-likeness (QED) is 0.458. The van der Waals surface area contributed by atoms with Crippen molar-refractivity contribution in [2.45, 2.75) is 13.1 Å². The summed E-state index contributed by atoms with van der Waals surface area (Å²) < 4.78 is 1.55. The van der Waals surface area contributed by atoms with Crippen LogP contribution < -0.4 is 9.80 Å². The van der Waals surface area contributed by atoms with E-state index in [-0.39, 0.29) is 12.3 Å². The monoisotopic (exact) mass is 469 g/mol. The molecule has 176 valence electrons. The lowest BCUT2D eigenvalue weighted by Gasteiger charge is -2.36. The van der Waals surface area contributed by atoms with E-state index in [0.717, 1.165) is 35.5 Å². The molecular weight excluding hydrogens is 446 g/mol. The molecule has 4 heterocycles. The zero-order valence-corrected chi connectivity index (χ0v) is 18.9. The van der Waals surface area contributed by atoms with E-state index in [2.05, 4.69) is 25.8 Å². The zero-order chi connectivity index (χ0) is 23.9. The zero-order valence-electron chi connectivity index (χ0n) is 18.9. The average Bonchev–Trinajstić information content (AvgIpc) is 3.51. The molecule has 0 radical (unpaired) electrons. The van der Waals surface area contributed by atoms with Crippen molar-refractivity contribution in [1.82, 2.24) is 19.5 Å². The number of aliphatic carboxylic acids is 1. The summed E-state index contributed by atoms with van der Waals surface area (Å²) in [6.45, 7) is 3.35. The summed E-state index contributed by atoms with van der Waals surface area (Å²) in [5, 5.41) is 19.0. The number of carbonyl (C=O) groups is 1. The summed E-state index contributed by atoms with van der Waals surface area (Å²) in [4.78, 5) is 34.5. The van der Waals surface area contributed by atoms with Crippen LogP contribution in [0.1, 0.15) is 11.1 Å². The number of carboxylic acid groups (broad SMARTS) is 1. The highest BCUT2D eigenvalue weighted by atomic mass is 16.4. The lowest BCUT2D eigenvalue weighted by atomic mass is 10.0. The van der Waals surface area contributed by atoms with Crippen molar-refractivity contribution in [2.24, 2.45) is 4.99 Å². The van der Waals surface area contributed by atoms with Crippen LogP contribution in [-0.2, 0) is 17.9 Å². The van der Waals surface area contributed by atoms with Gasteiger partial charge in [0.05, 0.1) is 12.9 Å². The van der Waals surface area contributed by atoms with Crippen LogP contribution in [0.15, 0.2) is 53.8 Å². The highest BCUT2D eigenvalue weighted by Gasteiger charge is 2.24. The molecule has 4 aromatic rings. The molecule has 10 nitrogen and oxygen atoms in total. The minimum Gasteiger partial charge on any atom is -0.508 e. The van der Waals surface area contributed by atoms with Gasteiger partial charge in [0.25, 0.3) is 0 Å². The van der Waals surface area contributed by atoms with Crippen molar-refractivity contribution < 1.29 is 15.0 Å². The number of piperazine rings is 1. The predicted octanol–water partition coefficient (Wildman–Crippen LogP) is 2.54. The standard InChI is InChI=1S/C25H23N7O3/c33-18-6-4-17(5-7-18)30-8-10-31(11-9-30)25-28-22(19-3-1-2-16-12-26-13-20(16)19)23-24(29-25)32(15-27-23)14-21(34)35/h1-7,13,15,33H,8-12,14H2,(H,34,35). The number of rotatable bonds is 5. The molecule has 0 bridgehead atoms. The van der Waals surface area contributed by atoms with Gasteiger partial charge in [-0.25, -0.2) is 9.97 Å². The maximum Gasteiger partial charge on any atom is 0.323 e. The lowest BCUT2D eigenvalue weighted by Crippen LogP contribution is -2.47. The van der Waals surface area contributed by atoms with Gasteiger partial charge < -0.3 is 24.6 Å². The Balaban J connectivity index is 1.39.